The number of amides is 1. The fourth-order valence-electron chi connectivity index (χ4n) is 2.36. The van der Waals surface area contributed by atoms with Gasteiger partial charge in [0.25, 0.3) is 0 Å². The molecule has 0 bridgehead atoms. The molecule has 1 N–H and O–H groups in total. The van der Waals surface area contributed by atoms with Crippen LogP contribution in [0, 0.1) is 5.92 Å². The second kappa shape index (κ2) is 9.84. The van der Waals surface area contributed by atoms with E-state index in [4.69, 9.17) is 0 Å². The van der Waals surface area contributed by atoms with Gasteiger partial charge in [0.1, 0.15) is 0 Å². The number of carbonyl (C=O) groups excluding carboxylic acids is 1. The molecule has 1 saturated heterocycles. The summed E-state index contributed by atoms with van der Waals surface area (Å²) in [6.07, 6.45) is 1.06. The summed E-state index contributed by atoms with van der Waals surface area (Å²) in [6.45, 7) is 7.90. The lowest BCUT2D eigenvalue weighted by atomic mass is 10.0. The predicted molar refractivity (Wildman–Crippen MR) is 80.9 cm³/mol. The molecule has 1 aliphatic heterocycles. The lowest BCUT2D eigenvalue weighted by Crippen LogP contribution is -2.49. The van der Waals surface area contributed by atoms with Crippen LogP contribution in [0.3, 0.4) is 0 Å². The second-order valence-corrected chi connectivity index (χ2v) is 5.08. The van der Waals surface area contributed by atoms with Gasteiger partial charge < -0.3 is 10.2 Å². The number of hydrogen-bond acceptors (Lipinski definition) is 3. The highest BCUT2D eigenvalue weighted by Crippen LogP contribution is 2.12. The van der Waals surface area contributed by atoms with Crippen LogP contribution < -0.4 is 5.32 Å². The maximum absolute atomic E-state index is 12.4. The molecule has 0 aromatic heterocycles. The quantitative estimate of drug-likeness (QED) is 0.852. The highest BCUT2D eigenvalue weighted by molar-refractivity contribution is 5.85. The Bertz CT molecular complexity index is 221. The van der Waals surface area contributed by atoms with Crippen LogP contribution in [0.25, 0.3) is 0 Å². The van der Waals surface area contributed by atoms with E-state index in [1.54, 1.807) is 0 Å². The van der Waals surface area contributed by atoms with E-state index < -0.39 is 0 Å². The van der Waals surface area contributed by atoms with E-state index in [0.717, 1.165) is 32.6 Å². The fraction of sp³-hybridized carbons (Fsp3) is 0.917. The maximum Gasteiger partial charge on any atom is 0.240 e. The molecule has 1 atom stereocenters. The predicted octanol–water partition coefficient (Wildman–Crippen LogP) is 1.24. The van der Waals surface area contributed by atoms with Crippen molar-refractivity contribution in [1.29, 1.82) is 0 Å². The third-order valence-corrected chi connectivity index (χ3v) is 3.09. The van der Waals surface area contributed by atoms with Crippen LogP contribution in [-0.2, 0) is 4.79 Å². The summed E-state index contributed by atoms with van der Waals surface area (Å²) in [5.74, 6) is 0.641. The molecule has 1 rings (SSSR count). The van der Waals surface area contributed by atoms with Crippen LogP contribution in [0.1, 0.15) is 20.3 Å². The van der Waals surface area contributed by atoms with Gasteiger partial charge in [0.05, 0.1) is 6.04 Å². The molecule has 1 unspecified atom stereocenters. The number of carbonyl (C=O) groups is 1. The molecule has 0 aliphatic carbocycles. The van der Waals surface area contributed by atoms with Gasteiger partial charge in [-0.2, -0.15) is 0 Å². The molecule has 1 fully saturated rings. The van der Waals surface area contributed by atoms with Crippen LogP contribution in [0.15, 0.2) is 0 Å². The number of nitrogens with zero attached hydrogens (tertiary/aromatic N) is 2. The number of rotatable bonds is 3. The van der Waals surface area contributed by atoms with Crippen molar-refractivity contribution in [3.05, 3.63) is 0 Å². The van der Waals surface area contributed by atoms with Gasteiger partial charge in [-0.15, -0.1) is 24.8 Å². The highest BCUT2D eigenvalue weighted by atomic mass is 35.5. The summed E-state index contributed by atoms with van der Waals surface area (Å²) in [7, 11) is 3.97. The molecule has 1 aliphatic rings. The molecule has 0 aromatic carbocycles. The Labute approximate surface area is 123 Å². The van der Waals surface area contributed by atoms with E-state index in [1.165, 1.54) is 0 Å². The summed E-state index contributed by atoms with van der Waals surface area (Å²) in [5, 5.41) is 3.32. The lowest BCUT2D eigenvalue weighted by molar-refractivity contribution is -0.137. The Kier molecular flexibility index (Phi) is 11.1. The minimum atomic E-state index is 0. The highest BCUT2D eigenvalue weighted by Gasteiger charge is 2.28. The van der Waals surface area contributed by atoms with Crippen molar-refractivity contribution in [2.24, 2.45) is 5.92 Å². The van der Waals surface area contributed by atoms with Crippen LogP contribution in [0.2, 0.25) is 0 Å². The molecular formula is C12H27Cl2N3O. The smallest absolute Gasteiger partial charge is 0.240 e. The van der Waals surface area contributed by atoms with Gasteiger partial charge in [0, 0.05) is 19.6 Å². The van der Waals surface area contributed by atoms with Crippen molar-refractivity contribution in [2.75, 3.05) is 40.3 Å². The number of hydrogen-bond donors (Lipinski definition) is 1. The van der Waals surface area contributed by atoms with Crippen LogP contribution in [-0.4, -0.2) is 62.0 Å². The number of nitrogens with one attached hydrogen (secondary N) is 1. The van der Waals surface area contributed by atoms with Gasteiger partial charge in [0.15, 0.2) is 0 Å². The molecule has 0 aromatic rings. The van der Waals surface area contributed by atoms with Gasteiger partial charge in [-0.1, -0.05) is 13.8 Å². The van der Waals surface area contributed by atoms with Crippen molar-refractivity contribution in [1.82, 2.24) is 15.1 Å². The van der Waals surface area contributed by atoms with E-state index in [2.05, 4.69) is 19.2 Å². The molecule has 0 saturated carbocycles. The van der Waals surface area contributed by atoms with Crippen molar-refractivity contribution in [3.63, 3.8) is 0 Å². The van der Waals surface area contributed by atoms with Gasteiger partial charge in [-0.3, -0.25) is 9.69 Å². The monoisotopic (exact) mass is 299 g/mol. The Morgan fingerprint density at radius 1 is 1.17 bits per heavy atom. The molecule has 1 heterocycles. The molecular weight excluding hydrogens is 273 g/mol. The van der Waals surface area contributed by atoms with Crippen LogP contribution in [0.4, 0.5) is 0 Å². The minimum Gasteiger partial charge on any atom is -0.340 e. The minimum absolute atomic E-state index is 0. The first-order chi connectivity index (χ1) is 7.54. The van der Waals surface area contributed by atoms with Crippen molar-refractivity contribution in [2.45, 2.75) is 26.3 Å². The zero-order chi connectivity index (χ0) is 12.1. The first-order valence-corrected chi connectivity index (χ1v) is 6.20. The Hall–Kier alpha value is -0.0300. The first kappa shape index (κ1) is 20.3. The van der Waals surface area contributed by atoms with Crippen molar-refractivity contribution in [3.8, 4) is 0 Å². The van der Waals surface area contributed by atoms with Gasteiger partial charge in [0.2, 0.25) is 5.91 Å². The SMILES string of the molecule is CC(C)C(C(=O)N1CCCNCC1)N(C)C.Cl.Cl. The summed E-state index contributed by atoms with van der Waals surface area (Å²) in [5.41, 5.74) is 0. The van der Waals surface area contributed by atoms with Crippen LogP contribution >= 0.6 is 24.8 Å². The van der Waals surface area contributed by atoms with Crippen molar-refractivity contribution >= 4 is 30.7 Å². The van der Waals surface area contributed by atoms with Crippen LogP contribution in [0.5, 0.6) is 0 Å². The van der Waals surface area contributed by atoms with Gasteiger partial charge in [-0.05, 0) is 33.0 Å². The Morgan fingerprint density at radius 2 is 1.78 bits per heavy atom. The summed E-state index contributed by atoms with van der Waals surface area (Å²) in [4.78, 5) is 16.4. The third kappa shape index (κ3) is 5.74. The van der Waals surface area contributed by atoms with E-state index in [9.17, 15) is 4.79 Å². The number of halogens is 2. The average molecular weight is 300 g/mol. The molecule has 4 nitrogen and oxygen atoms in total. The standard InChI is InChI=1S/C12H25N3O.2ClH/c1-10(2)11(14(3)4)12(16)15-8-5-6-13-7-9-15;;/h10-11,13H,5-9H2,1-4H3;2*1H. The molecule has 18 heavy (non-hydrogen) atoms. The Balaban J connectivity index is 0. The molecule has 1 amide bonds. The molecule has 110 valence electrons. The maximum atomic E-state index is 12.4. The summed E-state index contributed by atoms with van der Waals surface area (Å²) < 4.78 is 0. The largest absolute Gasteiger partial charge is 0.340 e. The second-order valence-electron chi connectivity index (χ2n) is 5.08. The van der Waals surface area contributed by atoms with Gasteiger partial charge >= 0.3 is 0 Å². The topological polar surface area (TPSA) is 35.6 Å². The lowest BCUT2D eigenvalue weighted by Gasteiger charge is -2.32. The van der Waals surface area contributed by atoms with E-state index in [-0.39, 0.29) is 36.8 Å². The molecule has 0 spiro atoms. The Morgan fingerprint density at radius 3 is 2.28 bits per heavy atom. The van der Waals surface area contributed by atoms with Crippen molar-refractivity contribution < 1.29 is 4.79 Å². The van der Waals surface area contributed by atoms with E-state index >= 15 is 0 Å². The van der Waals surface area contributed by atoms with E-state index in [0.29, 0.717) is 5.92 Å². The number of likely N-dealkylation sites (N-methyl/N-ethyl adjacent to an activating group) is 1. The third-order valence-electron chi connectivity index (χ3n) is 3.09. The van der Waals surface area contributed by atoms with Gasteiger partial charge in [-0.25, -0.2) is 0 Å². The summed E-state index contributed by atoms with van der Waals surface area (Å²) >= 11 is 0. The zero-order valence-electron chi connectivity index (χ0n) is 11.8. The summed E-state index contributed by atoms with van der Waals surface area (Å²) in [6, 6.07) is 0.0121. The first-order valence-electron chi connectivity index (χ1n) is 6.20. The fourth-order valence-corrected chi connectivity index (χ4v) is 2.36. The molecule has 6 heteroatoms. The molecule has 0 radical (unpaired) electrons. The zero-order valence-corrected chi connectivity index (χ0v) is 13.4. The van der Waals surface area contributed by atoms with E-state index in [1.807, 2.05) is 23.9 Å². The normalized spacial score (nSPS) is 17.8. The average Bonchev–Trinajstić information content (AvgIpc) is 2.43.